The molecule has 1 aromatic carbocycles. The van der Waals surface area contributed by atoms with Crippen molar-refractivity contribution < 1.29 is 9.63 Å². The Bertz CT molecular complexity index is 873. The van der Waals surface area contributed by atoms with Crippen LogP contribution in [-0.4, -0.2) is 30.8 Å². The zero-order chi connectivity index (χ0) is 19.2. The lowest BCUT2D eigenvalue weighted by Crippen LogP contribution is -2.31. The van der Waals surface area contributed by atoms with Crippen LogP contribution >= 0.6 is 22.9 Å². The molecule has 3 rings (SSSR count). The summed E-state index contributed by atoms with van der Waals surface area (Å²) in [7, 11) is 0. The molecule has 1 N–H and O–H groups in total. The van der Waals surface area contributed by atoms with Crippen LogP contribution in [-0.2, 0) is 4.84 Å². The van der Waals surface area contributed by atoms with E-state index >= 15 is 0 Å². The van der Waals surface area contributed by atoms with E-state index in [0.717, 1.165) is 23.4 Å². The number of oxime groups is 1. The SMILES string of the molecule is CCCN(C#N)c1ccc(C2=NOC(CNC(=O)c3ccc(Cl)s3)C2)cc1. The maximum Gasteiger partial charge on any atom is 0.261 e. The average Bonchev–Trinajstić information content (AvgIpc) is 3.33. The number of nitrogens with zero attached hydrogens (tertiary/aromatic N) is 3. The van der Waals surface area contributed by atoms with E-state index in [1.807, 2.05) is 31.2 Å². The molecule has 0 saturated carbocycles. The molecule has 0 spiro atoms. The van der Waals surface area contributed by atoms with Gasteiger partial charge >= 0.3 is 0 Å². The number of rotatable bonds is 7. The van der Waals surface area contributed by atoms with Crippen molar-refractivity contribution in [1.29, 1.82) is 5.26 Å². The molecule has 1 aliphatic heterocycles. The minimum Gasteiger partial charge on any atom is -0.390 e. The molecule has 1 unspecified atom stereocenters. The van der Waals surface area contributed by atoms with Crippen LogP contribution in [0.1, 0.15) is 35.0 Å². The summed E-state index contributed by atoms with van der Waals surface area (Å²) < 4.78 is 0.584. The van der Waals surface area contributed by atoms with E-state index in [-0.39, 0.29) is 12.0 Å². The third-order valence-electron chi connectivity index (χ3n) is 4.10. The van der Waals surface area contributed by atoms with Crippen LogP contribution in [0.5, 0.6) is 0 Å². The van der Waals surface area contributed by atoms with E-state index in [4.69, 9.17) is 16.4 Å². The fourth-order valence-electron chi connectivity index (χ4n) is 2.73. The maximum atomic E-state index is 12.1. The van der Waals surface area contributed by atoms with E-state index in [1.165, 1.54) is 11.3 Å². The summed E-state index contributed by atoms with van der Waals surface area (Å²) in [5, 5.41) is 16.2. The van der Waals surface area contributed by atoms with Crippen LogP contribution in [0.2, 0.25) is 4.34 Å². The lowest BCUT2D eigenvalue weighted by atomic mass is 10.0. The van der Waals surface area contributed by atoms with Crippen molar-refractivity contribution in [2.24, 2.45) is 5.16 Å². The molecule has 1 amide bonds. The molecule has 0 saturated heterocycles. The van der Waals surface area contributed by atoms with Crippen LogP contribution in [0.4, 0.5) is 5.69 Å². The minimum atomic E-state index is -0.199. The summed E-state index contributed by atoms with van der Waals surface area (Å²) >= 11 is 7.09. The predicted octanol–water partition coefficient (Wildman–Crippen LogP) is 4.02. The molecule has 0 fully saturated rings. The van der Waals surface area contributed by atoms with Crippen LogP contribution in [0.15, 0.2) is 41.6 Å². The first-order valence-electron chi connectivity index (χ1n) is 8.64. The number of thiophene rings is 1. The highest BCUT2D eigenvalue weighted by Crippen LogP contribution is 2.22. The molecule has 2 heterocycles. The summed E-state index contributed by atoms with van der Waals surface area (Å²) in [6.07, 6.45) is 3.51. The number of nitriles is 1. The van der Waals surface area contributed by atoms with Crippen molar-refractivity contribution in [2.45, 2.75) is 25.9 Å². The highest BCUT2D eigenvalue weighted by molar-refractivity contribution is 7.17. The normalized spacial score (nSPS) is 15.6. The molecule has 1 aromatic heterocycles. The standard InChI is InChI=1S/C19H19ClN4O2S/c1-2-9-24(12-21)14-5-3-13(4-6-14)16-10-15(26-23-16)11-22-19(25)17-7-8-18(20)27-17/h3-8,15H,2,9-11H2,1H3,(H,22,25). The molecule has 1 aliphatic rings. The Hall–Kier alpha value is -2.56. The molecular formula is C19H19ClN4O2S. The first-order chi connectivity index (χ1) is 13.1. The van der Waals surface area contributed by atoms with Crippen molar-refractivity contribution in [2.75, 3.05) is 18.0 Å². The number of hydrogen-bond acceptors (Lipinski definition) is 6. The van der Waals surface area contributed by atoms with Crippen LogP contribution < -0.4 is 10.2 Å². The molecule has 8 heteroatoms. The van der Waals surface area contributed by atoms with E-state index in [2.05, 4.69) is 16.7 Å². The minimum absolute atomic E-state index is 0.166. The summed E-state index contributed by atoms with van der Waals surface area (Å²) in [5.41, 5.74) is 2.65. The second kappa shape index (κ2) is 8.89. The van der Waals surface area contributed by atoms with Crippen molar-refractivity contribution in [3.05, 3.63) is 51.2 Å². The Kier molecular flexibility index (Phi) is 6.32. The molecule has 1 atom stereocenters. The molecule has 0 bridgehead atoms. The Morgan fingerprint density at radius 1 is 1.41 bits per heavy atom. The van der Waals surface area contributed by atoms with Gasteiger partial charge in [-0.05, 0) is 36.2 Å². The molecule has 6 nitrogen and oxygen atoms in total. The third kappa shape index (κ3) is 4.79. The molecule has 27 heavy (non-hydrogen) atoms. The van der Waals surface area contributed by atoms with Crippen LogP contribution in [0, 0.1) is 11.5 Å². The van der Waals surface area contributed by atoms with E-state index in [0.29, 0.717) is 28.7 Å². The number of carbonyl (C=O) groups is 1. The Labute approximate surface area is 167 Å². The Balaban J connectivity index is 1.53. The van der Waals surface area contributed by atoms with Gasteiger partial charge in [0.2, 0.25) is 0 Å². The number of nitrogens with one attached hydrogen (secondary N) is 1. The topological polar surface area (TPSA) is 77.7 Å². The van der Waals surface area contributed by atoms with E-state index in [1.54, 1.807) is 17.0 Å². The monoisotopic (exact) mass is 402 g/mol. The van der Waals surface area contributed by atoms with Gasteiger partial charge in [0.25, 0.3) is 5.91 Å². The lowest BCUT2D eigenvalue weighted by molar-refractivity contribution is 0.0755. The fraction of sp³-hybridized carbons (Fsp3) is 0.316. The Morgan fingerprint density at radius 3 is 2.81 bits per heavy atom. The van der Waals surface area contributed by atoms with Gasteiger partial charge in [0.05, 0.1) is 27.2 Å². The van der Waals surface area contributed by atoms with Gasteiger partial charge in [-0.1, -0.05) is 35.8 Å². The van der Waals surface area contributed by atoms with Gasteiger partial charge in [-0.3, -0.25) is 9.69 Å². The van der Waals surface area contributed by atoms with Gasteiger partial charge in [-0.25, -0.2) is 0 Å². The fourth-order valence-corrected chi connectivity index (χ4v) is 3.69. The summed E-state index contributed by atoms with van der Waals surface area (Å²) in [6, 6.07) is 11.1. The third-order valence-corrected chi connectivity index (χ3v) is 5.33. The van der Waals surface area contributed by atoms with Crippen molar-refractivity contribution >= 4 is 40.2 Å². The second-order valence-electron chi connectivity index (χ2n) is 6.08. The van der Waals surface area contributed by atoms with Gasteiger partial charge in [-0.2, -0.15) is 5.26 Å². The van der Waals surface area contributed by atoms with Crippen LogP contribution in [0.25, 0.3) is 0 Å². The summed E-state index contributed by atoms with van der Waals surface area (Å²) in [4.78, 5) is 19.7. The van der Waals surface area contributed by atoms with Gasteiger partial charge in [-0.15, -0.1) is 11.3 Å². The molecular weight excluding hydrogens is 384 g/mol. The zero-order valence-corrected chi connectivity index (χ0v) is 16.4. The molecule has 2 aromatic rings. The number of halogens is 1. The Morgan fingerprint density at radius 2 is 2.19 bits per heavy atom. The quantitative estimate of drug-likeness (QED) is 0.560. The zero-order valence-electron chi connectivity index (χ0n) is 14.8. The van der Waals surface area contributed by atoms with Gasteiger partial charge < -0.3 is 10.2 Å². The van der Waals surface area contributed by atoms with Crippen molar-refractivity contribution in [1.82, 2.24) is 5.32 Å². The molecule has 0 aliphatic carbocycles. The highest BCUT2D eigenvalue weighted by Gasteiger charge is 2.23. The van der Waals surface area contributed by atoms with Crippen LogP contribution in [0.3, 0.4) is 0 Å². The van der Waals surface area contributed by atoms with Crippen molar-refractivity contribution in [3.63, 3.8) is 0 Å². The van der Waals surface area contributed by atoms with Gasteiger partial charge in [0.15, 0.2) is 6.19 Å². The highest BCUT2D eigenvalue weighted by atomic mass is 35.5. The number of amides is 1. The number of anilines is 1. The average molecular weight is 403 g/mol. The smallest absolute Gasteiger partial charge is 0.261 e. The van der Waals surface area contributed by atoms with Crippen molar-refractivity contribution in [3.8, 4) is 6.19 Å². The molecule has 140 valence electrons. The van der Waals surface area contributed by atoms with Gasteiger partial charge in [0, 0.05) is 13.0 Å². The van der Waals surface area contributed by atoms with E-state index in [9.17, 15) is 10.1 Å². The number of benzene rings is 1. The first-order valence-corrected chi connectivity index (χ1v) is 9.84. The lowest BCUT2D eigenvalue weighted by Gasteiger charge is -2.14. The first kappa shape index (κ1) is 19.2. The van der Waals surface area contributed by atoms with Gasteiger partial charge in [0.1, 0.15) is 6.10 Å². The van der Waals surface area contributed by atoms with E-state index < -0.39 is 0 Å². The summed E-state index contributed by atoms with van der Waals surface area (Å²) in [6.45, 7) is 3.10. The predicted molar refractivity (Wildman–Crippen MR) is 107 cm³/mol. The maximum absolute atomic E-state index is 12.1. The second-order valence-corrected chi connectivity index (χ2v) is 7.80. The number of hydrogen-bond donors (Lipinski definition) is 1. The largest absolute Gasteiger partial charge is 0.390 e. The molecule has 0 radical (unpaired) electrons. The summed E-state index contributed by atoms with van der Waals surface area (Å²) in [5.74, 6) is -0.166. The number of carbonyl (C=O) groups excluding carboxylic acids is 1.